The molecule has 1 saturated carbocycles. The average molecular weight is 751 g/mol. The van der Waals surface area contributed by atoms with E-state index in [1.165, 1.54) is 52.1 Å². The molecule has 0 saturated heterocycles. The van der Waals surface area contributed by atoms with Crippen LogP contribution < -0.4 is 38.0 Å². The quantitative estimate of drug-likeness (QED) is 0.230. The first-order valence-corrected chi connectivity index (χ1v) is 16.8. The van der Waals surface area contributed by atoms with Gasteiger partial charge in [-0.15, -0.1) is 0 Å². The van der Waals surface area contributed by atoms with Crippen LogP contribution in [0.3, 0.4) is 0 Å². The first kappa shape index (κ1) is 42.6. The molecule has 4 heterocycles. The average Bonchev–Trinajstić information content (AvgIpc) is 3.73. The Morgan fingerprint density at radius 3 is 1.78 bits per heavy atom. The standard InChI is InChI=1S/C17H26N6O3.C17H20N6O3.2CH4/c2*1-20(2)12-7-5-6-11(8-12)19-13(24)9-23-10-18-15-14(23)16(25)22(4)17(26)21(15)3;;/h10-12H,5-9H2,1-4H3,(H,19,24);5-8,10H,9H2,1-4H3,(H,19,24);2*1H4. The van der Waals surface area contributed by atoms with Crippen molar-refractivity contribution in [2.45, 2.75) is 65.7 Å². The maximum Gasteiger partial charge on any atom is 0.332 e. The highest BCUT2D eigenvalue weighted by Crippen LogP contribution is 2.22. The van der Waals surface area contributed by atoms with Crippen LogP contribution in [0.5, 0.6) is 0 Å². The first-order chi connectivity index (χ1) is 24.6. The van der Waals surface area contributed by atoms with Crippen LogP contribution in [0, 0.1) is 0 Å². The van der Waals surface area contributed by atoms with E-state index in [0.717, 1.165) is 40.5 Å². The maximum absolute atomic E-state index is 12.5. The van der Waals surface area contributed by atoms with E-state index in [-0.39, 0.29) is 68.1 Å². The second-order valence-electron chi connectivity index (χ2n) is 13.5. The van der Waals surface area contributed by atoms with Gasteiger partial charge in [0.1, 0.15) is 13.1 Å². The van der Waals surface area contributed by atoms with Crippen molar-refractivity contribution in [3.8, 4) is 0 Å². The summed E-state index contributed by atoms with van der Waals surface area (Å²) in [4.78, 5) is 86.0. The van der Waals surface area contributed by atoms with E-state index < -0.39 is 22.5 Å². The van der Waals surface area contributed by atoms with Crippen molar-refractivity contribution in [3.63, 3.8) is 0 Å². The van der Waals surface area contributed by atoms with Crippen molar-refractivity contribution in [2.75, 3.05) is 38.4 Å². The number of carbonyl (C=O) groups excluding carboxylic acids is 2. The monoisotopic (exact) mass is 750 g/mol. The SMILES string of the molecule is C.C.CN(C)C1CCCC(NC(=O)Cn2cnc3c2c(=O)n(C)c(=O)n3C)C1.CN(C)c1cccc(NC(=O)Cn2cnc3c2c(=O)n(C)c(=O)n3C)c1. The van der Waals surface area contributed by atoms with Gasteiger partial charge in [-0.25, -0.2) is 19.6 Å². The van der Waals surface area contributed by atoms with E-state index in [0.29, 0.717) is 11.7 Å². The normalized spacial score (nSPS) is 15.2. The minimum Gasteiger partial charge on any atom is -0.378 e. The minimum absolute atomic E-state index is 0. The molecule has 2 unspecified atom stereocenters. The van der Waals surface area contributed by atoms with Crippen LogP contribution in [0.25, 0.3) is 22.3 Å². The van der Waals surface area contributed by atoms with Gasteiger partial charge in [0.05, 0.1) is 12.7 Å². The Balaban J connectivity index is 0.000000280. The molecule has 0 radical (unpaired) electrons. The molecule has 0 spiro atoms. The van der Waals surface area contributed by atoms with Crippen LogP contribution >= 0.6 is 0 Å². The summed E-state index contributed by atoms with van der Waals surface area (Å²) < 4.78 is 7.58. The number of nitrogens with zero attached hydrogens (tertiary/aromatic N) is 10. The smallest absolute Gasteiger partial charge is 0.332 e. The second kappa shape index (κ2) is 17.4. The van der Waals surface area contributed by atoms with E-state index in [1.54, 1.807) is 13.1 Å². The Labute approximate surface area is 313 Å². The van der Waals surface area contributed by atoms with Gasteiger partial charge >= 0.3 is 11.4 Å². The molecule has 18 heteroatoms. The molecular formula is C36H54N12O6. The van der Waals surface area contributed by atoms with Crippen molar-refractivity contribution < 1.29 is 9.59 Å². The fourth-order valence-corrected chi connectivity index (χ4v) is 6.44. The largest absolute Gasteiger partial charge is 0.378 e. The van der Waals surface area contributed by atoms with Gasteiger partial charge in [-0.1, -0.05) is 20.9 Å². The predicted molar refractivity (Wildman–Crippen MR) is 211 cm³/mol. The minimum atomic E-state index is -0.483. The highest BCUT2D eigenvalue weighted by molar-refractivity contribution is 5.92. The van der Waals surface area contributed by atoms with E-state index in [9.17, 15) is 28.8 Å². The number of hydrogen-bond donors (Lipinski definition) is 2. The lowest BCUT2D eigenvalue weighted by molar-refractivity contribution is -0.122. The van der Waals surface area contributed by atoms with Crippen molar-refractivity contribution >= 4 is 45.5 Å². The summed E-state index contributed by atoms with van der Waals surface area (Å²) >= 11 is 0. The van der Waals surface area contributed by atoms with Crippen LogP contribution in [0.1, 0.15) is 40.5 Å². The molecule has 0 bridgehead atoms. The van der Waals surface area contributed by atoms with Crippen molar-refractivity contribution in [1.29, 1.82) is 0 Å². The first-order valence-electron chi connectivity index (χ1n) is 16.8. The van der Waals surface area contributed by atoms with Gasteiger partial charge in [-0.05, 0) is 58.0 Å². The number of benzene rings is 1. The summed E-state index contributed by atoms with van der Waals surface area (Å²) in [7, 11) is 13.9. The summed E-state index contributed by atoms with van der Waals surface area (Å²) in [5, 5.41) is 5.88. The molecular weight excluding hydrogens is 696 g/mol. The van der Waals surface area contributed by atoms with Crippen LogP contribution in [0.15, 0.2) is 56.1 Å². The second-order valence-corrected chi connectivity index (χ2v) is 13.5. The van der Waals surface area contributed by atoms with Gasteiger partial charge < -0.3 is 29.6 Å². The van der Waals surface area contributed by atoms with Crippen LogP contribution in [-0.2, 0) is 50.9 Å². The summed E-state index contributed by atoms with van der Waals surface area (Å²) in [6, 6.07) is 8.05. The fraction of sp³-hybridized carbons (Fsp3) is 0.500. The van der Waals surface area contributed by atoms with E-state index in [4.69, 9.17) is 0 Å². The van der Waals surface area contributed by atoms with E-state index >= 15 is 0 Å². The summed E-state index contributed by atoms with van der Waals surface area (Å²) in [6.45, 7) is -0.0801. The third kappa shape index (κ3) is 8.70. The third-order valence-electron chi connectivity index (χ3n) is 9.45. The number of anilines is 2. The fourth-order valence-electron chi connectivity index (χ4n) is 6.44. The zero-order chi connectivity index (χ0) is 38.0. The molecule has 1 aliphatic carbocycles. The summed E-state index contributed by atoms with van der Waals surface area (Å²) in [5.41, 5.74) is 0.808. The van der Waals surface area contributed by atoms with Crippen molar-refractivity contribution in [2.24, 2.45) is 28.2 Å². The highest BCUT2D eigenvalue weighted by atomic mass is 16.2. The number of rotatable bonds is 8. The zero-order valence-electron chi connectivity index (χ0n) is 30.8. The van der Waals surface area contributed by atoms with Crippen LogP contribution in [0.2, 0.25) is 0 Å². The molecule has 2 N–H and O–H groups in total. The topological polar surface area (TPSA) is 188 Å². The number of aryl methyl sites for hydroxylation is 2. The number of imidazole rings is 2. The third-order valence-corrected chi connectivity index (χ3v) is 9.45. The number of nitrogens with one attached hydrogen (secondary N) is 2. The van der Waals surface area contributed by atoms with Crippen LogP contribution in [0.4, 0.5) is 11.4 Å². The Morgan fingerprint density at radius 2 is 1.28 bits per heavy atom. The number of fused-ring (bicyclic) bond motifs is 2. The number of amides is 2. The maximum atomic E-state index is 12.5. The molecule has 6 rings (SSSR count). The van der Waals surface area contributed by atoms with E-state index in [1.807, 2.05) is 37.2 Å². The molecule has 294 valence electrons. The zero-order valence-corrected chi connectivity index (χ0v) is 30.8. The van der Waals surface area contributed by atoms with Gasteiger partial charge in [0.25, 0.3) is 11.1 Å². The molecule has 5 aromatic rings. The molecule has 54 heavy (non-hydrogen) atoms. The van der Waals surface area contributed by atoms with E-state index in [2.05, 4.69) is 39.6 Å². The molecule has 18 nitrogen and oxygen atoms in total. The molecule has 0 aliphatic heterocycles. The van der Waals surface area contributed by atoms with Gasteiger partial charge in [-0.2, -0.15) is 0 Å². The summed E-state index contributed by atoms with van der Waals surface area (Å²) in [6.07, 6.45) is 6.96. The molecule has 1 aliphatic rings. The van der Waals surface area contributed by atoms with Gasteiger partial charge in [0.15, 0.2) is 22.3 Å². The lowest BCUT2D eigenvalue weighted by Gasteiger charge is -2.33. The van der Waals surface area contributed by atoms with Gasteiger partial charge in [-0.3, -0.25) is 37.4 Å². The number of aromatic nitrogens is 8. The Bertz CT molecular complexity index is 2380. The Kier molecular flexibility index (Phi) is 13.7. The Hall–Kier alpha value is -5.78. The van der Waals surface area contributed by atoms with Crippen LogP contribution in [-0.4, -0.2) is 94.4 Å². The lowest BCUT2D eigenvalue weighted by atomic mass is 9.90. The highest BCUT2D eigenvalue weighted by Gasteiger charge is 2.25. The molecule has 2 atom stereocenters. The van der Waals surface area contributed by atoms with Crippen molar-refractivity contribution in [1.82, 2.24) is 47.6 Å². The van der Waals surface area contributed by atoms with Crippen molar-refractivity contribution in [3.05, 3.63) is 78.6 Å². The molecule has 2 amide bonds. The molecule has 1 aromatic carbocycles. The lowest BCUT2D eigenvalue weighted by Crippen LogP contribution is -2.44. The summed E-state index contributed by atoms with van der Waals surface area (Å²) in [5.74, 6) is -0.444. The Morgan fingerprint density at radius 1 is 0.759 bits per heavy atom. The molecule has 1 fully saturated rings. The van der Waals surface area contributed by atoms with Gasteiger partial charge in [0.2, 0.25) is 11.8 Å². The number of hydrogen-bond acceptors (Lipinski definition) is 10. The predicted octanol–water partition coefficient (Wildman–Crippen LogP) is 0.833. The number of carbonyl (C=O) groups is 2. The van der Waals surface area contributed by atoms with Gasteiger partial charge in [0, 0.05) is 65.7 Å². The molecule has 4 aromatic heterocycles.